The minimum absolute atomic E-state index is 0.116. The molecular weight excluding hydrogens is 189 g/mol. The molecule has 0 saturated carbocycles. The maximum atomic E-state index is 12.7. The first kappa shape index (κ1) is 10.2. The molecule has 5 heteroatoms. The molecule has 1 N–H and O–H groups in total. The molecule has 0 heterocycles. The highest BCUT2D eigenvalue weighted by Crippen LogP contribution is 2.16. The number of allylic oxidation sites excluding steroid dienone is 1. The van der Waals surface area contributed by atoms with Gasteiger partial charge in [-0.05, 0) is 17.7 Å². The van der Waals surface area contributed by atoms with Crippen LogP contribution in [0.4, 0.5) is 4.39 Å². The van der Waals surface area contributed by atoms with Crippen LogP contribution in [0.15, 0.2) is 23.9 Å². The van der Waals surface area contributed by atoms with E-state index in [2.05, 4.69) is 0 Å². The van der Waals surface area contributed by atoms with E-state index in [1.165, 1.54) is 19.1 Å². The monoisotopic (exact) mass is 197 g/mol. The summed E-state index contributed by atoms with van der Waals surface area (Å²) in [6.45, 7) is 1.29. The molecule has 0 aliphatic rings. The van der Waals surface area contributed by atoms with Crippen molar-refractivity contribution in [2.45, 2.75) is 6.92 Å². The van der Waals surface area contributed by atoms with E-state index in [-0.39, 0.29) is 17.0 Å². The van der Waals surface area contributed by atoms with Crippen molar-refractivity contribution in [3.05, 3.63) is 45.4 Å². The zero-order valence-corrected chi connectivity index (χ0v) is 7.40. The summed E-state index contributed by atoms with van der Waals surface area (Å²) in [6, 6.07) is 3.28. The van der Waals surface area contributed by atoms with Gasteiger partial charge in [0.25, 0.3) is 0 Å². The van der Waals surface area contributed by atoms with Gasteiger partial charge in [-0.3, -0.25) is 10.1 Å². The first-order valence-corrected chi connectivity index (χ1v) is 3.81. The normalized spacial score (nSPS) is 11.4. The second-order valence-corrected chi connectivity index (χ2v) is 2.79. The lowest BCUT2D eigenvalue weighted by molar-refractivity contribution is -0.422. The molecule has 0 aromatic heterocycles. The molecule has 0 aliphatic heterocycles. The van der Waals surface area contributed by atoms with Gasteiger partial charge in [-0.25, -0.2) is 4.39 Å². The van der Waals surface area contributed by atoms with Crippen molar-refractivity contribution in [2.75, 3.05) is 0 Å². The lowest BCUT2D eigenvalue weighted by Crippen LogP contribution is -1.93. The Kier molecular flexibility index (Phi) is 2.81. The second kappa shape index (κ2) is 3.87. The minimum atomic E-state index is -0.632. The molecule has 0 atom stereocenters. The molecule has 14 heavy (non-hydrogen) atoms. The van der Waals surface area contributed by atoms with E-state index in [1.54, 1.807) is 0 Å². The van der Waals surface area contributed by atoms with Gasteiger partial charge in [-0.15, -0.1) is 0 Å². The smallest absolute Gasteiger partial charge is 0.243 e. The Morgan fingerprint density at radius 2 is 2.21 bits per heavy atom. The van der Waals surface area contributed by atoms with Crippen molar-refractivity contribution < 1.29 is 14.4 Å². The van der Waals surface area contributed by atoms with Gasteiger partial charge in [-0.2, -0.15) is 0 Å². The van der Waals surface area contributed by atoms with Crippen molar-refractivity contribution in [2.24, 2.45) is 0 Å². The quantitative estimate of drug-likeness (QED) is 0.583. The Morgan fingerprint density at radius 1 is 1.57 bits per heavy atom. The molecule has 0 saturated heterocycles. The third kappa shape index (κ3) is 2.55. The topological polar surface area (TPSA) is 63.4 Å². The Balaban J connectivity index is 3.08. The van der Waals surface area contributed by atoms with Crippen LogP contribution in [-0.2, 0) is 0 Å². The van der Waals surface area contributed by atoms with Crippen molar-refractivity contribution >= 4 is 6.08 Å². The van der Waals surface area contributed by atoms with Crippen LogP contribution in [0, 0.1) is 15.9 Å². The van der Waals surface area contributed by atoms with Crippen LogP contribution in [0.2, 0.25) is 0 Å². The van der Waals surface area contributed by atoms with Crippen molar-refractivity contribution in [1.82, 2.24) is 0 Å². The number of benzene rings is 1. The molecule has 0 radical (unpaired) electrons. The maximum absolute atomic E-state index is 12.7. The zero-order chi connectivity index (χ0) is 10.7. The number of hydrogen-bond donors (Lipinski definition) is 1. The predicted molar refractivity (Wildman–Crippen MR) is 48.7 cm³/mol. The average molecular weight is 197 g/mol. The van der Waals surface area contributed by atoms with Crippen LogP contribution in [0.3, 0.4) is 0 Å². The Morgan fingerprint density at radius 3 is 2.71 bits per heavy atom. The largest absolute Gasteiger partial charge is 0.508 e. The molecule has 1 aromatic carbocycles. The number of nitrogens with zero attached hydrogens (tertiary/aromatic N) is 1. The molecule has 0 aliphatic carbocycles. The van der Waals surface area contributed by atoms with E-state index >= 15 is 0 Å². The summed E-state index contributed by atoms with van der Waals surface area (Å²) >= 11 is 0. The molecular formula is C9H8FNO3. The lowest BCUT2D eigenvalue weighted by atomic mass is 10.2. The molecule has 1 aromatic rings. The second-order valence-electron chi connectivity index (χ2n) is 2.79. The van der Waals surface area contributed by atoms with Crippen molar-refractivity contribution in [1.29, 1.82) is 0 Å². The van der Waals surface area contributed by atoms with E-state index in [1.807, 2.05) is 0 Å². The van der Waals surface area contributed by atoms with Crippen LogP contribution in [0.5, 0.6) is 5.75 Å². The minimum Gasteiger partial charge on any atom is -0.508 e. The van der Waals surface area contributed by atoms with Gasteiger partial charge in [0.1, 0.15) is 11.6 Å². The van der Waals surface area contributed by atoms with Crippen LogP contribution in [0.25, 0.3) is 6.08 Å². The molecule has 1 rings (SSSR count). The fourth-order valence-electron chi connectivity index (χ4n) is 0.973. The molecule has 4 nitrogen and oxygen atoms in total. The van der Waals surface area contributed by atoms with Crippen LogP contribution >= 0.6 is 0 Å². The van der Waals surface area contributed by atoms with Gasteiger partial charge in [0.15, 0.2) is 0 Å². The molecule has 0 bridgehead atoms. The average Bonchev–Trinajstić information content (AvgIpc) is 2.01. The van der Waals surface area contributed by atoms with Crippen LogP contribution in [0.1, 0.15) is 12.5 Å². The SMILES string of the molecule is C/C(=C/c1cc(O)cc(F)c1)[N+](=O)[O-]. The van der Waals surface area contributed by atoms with E-state index in [0.717, 1.165) is 12.1 Å². The van der Waals surface area contributed by atoms with Gasteiger partial charge in [-0.1, -0.05) is 0 Å². The maximum Gasteiger partial charge on any atom is 0.243 e. The first-order valence-electron chi connectivity index (χ1n) is 3.81. The highest BCUT2D eigenvalue weighted by atomic mass is 19.1. The number of phenols is 1. The summed E-state index contributed by atoms with van der Waals surface area (Å²) in [5.41, 5.74) is 0.145. The van der Waals surface area contributed by atoms with Crippen molar-refractivity contribution in [3.63, 3.8) is 0 Å². The summed E-state index contributed by atoms with van der Waals surface area (Å²) in [4.78, 5) is 9.67. The van der Waals surface area contributed by atoms with E-state index in [0.29, 0.717) is 0 Å². The fraction of sp³-hybridized carbons (Fsp3) is 0.111. The number of aromatic hydroxyl groups is 1. The number of rotatable bonds is 2. The van der Waals surface area contributed by atoms with E-state index in [4.69, 9.17) is 5.11 Å². The molecule has 0 unspecified atom stereocenters. The molecule has 0 spiro atoms. The number of nitro groups is 1. The predicted octanol–water partition coefficient (Wildman–Crippen LogP) is 2.17. The summed E-state index contributed by atoms with van der Waals surface area (Å²) in [5, 5.41) is 19.3. The van der Waals surface area contributed by atoms with Gasteiger partial charge in [0, 0.05) is 19.1 Å². The number of hydrogen-bond acceptors (Lipinski definition) is 3. The third-order valence-electron chi connectivity index (χ3n) is 1.57. The van der Waals surface area contributed by atoms with Gasteiger partial charge >= 0.3 is 0 Å². The van der Waals surface area contributed by atoms with Gasteiger partial charge < -0.3 is 5.11 Å². The van der Waals surface area contributed by atoms with Crippen molar-refractivity contribution in [3.8, 4) is 5.75 Å². The van der Waals surface area contributed by atoms with Gasteiger partial charge in [0.2, 0.25) is 5.70 Å². The standard InChI is InChI=1S/C9H8FNO3/c1-6(11(13)14)2-7-3-8(10)5-9(12)4-7/h2-5,12H,1H3/b6-2-. The van der Waals surface area contributed by atoms with E-state index in [9.17, 15) is 14.5 Å². The first-order chi connectivity index (χ1) is 6.49. The number of halogens is 1. The highest BCUT2D eigenvalue weighted by Gasteiger charge is 2.04. The Hall–Kier alpha value is -1.91. The summed E-state index contributed by atoms with van der Waals surface area (Å²) in [5.74, 6) is -0.889. The lowest BCUT2D eigenvalue weighted by Gasteiger charge is -1.96. The summed E-state index contributed by atoms with van der Waals surface area (Å²) in [6.07, 6.45) is 1.18. The Bertz CT molecular complexity index is 381. The van der Waals surface area contributed by atoms with Crippen LogP contribution < -0.4 is 0 Å². The summed E-state index contributed by atoms with van der Waals surface area (Å²) < 4.78 is 12.7. The highest BCUT2D eigenvalue weighted by molar-refractivity contribution is 5.52. The summed E-state index contributed by atoms with van der Waals surface area (Å²) in [7, 11) is 0. The molecule has 0 fully saturated rings. The number of phenolic OH excluding ortho intramolecular Hbond substituents is 1. The fourth-order valence-corrected chi connectivity index (χ4v) is 0.973. The Labute approximate surface area is 79.4 Å². The van der Waals surface area contributed by atoms with Crippen LogP contribution in [-0.4, -0.2) is 10.0 Å². The third-order valence-corrected chi connectivity index (χ3v) is 1.57. The molecule has 0 amide bonds. The van der Waals surface area contributed by atoms with E-state index < -0.39 is 10.7 Å². The zero-order valence-electron chi connectivity index (χ0n) is 7.40. The molecule has 74 valence electrons. The van der Waals surface area contributed by atoms with Gasteiger partial charge in [0.05, 0.1) is 4.92 Å².